The topological polar surface area (TPSA) is 79.9 Å². The number of ether oxygens (including phenoxy) is 1. The van der Waals surface area contributed by atoms with Crippen LogP contribution in [-0.4, -0.2) is 22.8 Å². The Hall–Kier alpha value is -4.06. The molecular formula is C24H21F3N4O2. The van der Waals surface area contributed by atoms with Gasteiger partial charge in [-0.2, -0.15) is 23.5 Å². The second-order valence-electron chi connectivity index (χ2n) is 7.32. The molecule has 0 spiro atoms. The first-order valence-corrected chi connectivity index (χ1v) is 9.89. The second-order valence-corrected chi connectivity index (χ2v) is 7.32. The Morgan fingerprint density at radius 3 is 2.55 bits per heavy atom. The number of hydrogen-bond acceptors (Lipinski definition) is 4. The fourth-order valence-electron chi connectivity index (χ4n) is 3.35. The third-order valence-electron chi connectivity index (χ3n) is 4.88. The number of amides is 1. The summed E-state index contributed by atoms with van der Waals surface area (Å²) in [7, 11) is 1.53. The van der Waals surface area contributed by atoms with Gasteiger partial charge in [-0.25, -0.2) is 0 Å². The van der Waals surface area contributed by atoms with Gasteiger partial charge in [-0.15, -0.1) is 0 Å². The van der Waals surface area contributed by atoms with Gasteiger partial charge in [0.25, 0.3) is 5.91 Å². The highest BCUT2D eigenvalue weighted by Crippen LogP contribution is 2.34. The van der Waals surface area contributed by atoms with Crippen LogP contribution in [-0.2, 0) is 17.5 Å². The molecule has 0 aliphatic rings. The summed E-state index contributed by atoms with van der Waals surface area (Å²) in [6.07, 6.45) is -3.33. The van der Waals surface area contributed by atoms with E-state index in [0.717, 1.165) is 29.1 Å². The Bertz CT molecular complexity index is 1250. The minimum atomic E-state index is -4.64. The third kappa shape index (κ3) is 5.60. The van der Waals surface area contributed by atoms with Crippen molar-refractivity contribution in [2.75, 3.05) is 12.4 Å². The van der Waals surface area contributed by atoms with Crippen molar-refractivity contribution < 1.29 is 22.7 Å². The first-order valence-electron chi connectivity index (χ1n) is 9.89. The maximum Gasteiger partial charge on any atom is 0.418 e. The molecule has 0 fully saturated rings. The van der Waals surface area contributed by atoms with Crippen molar-refractivity contribution in [1.29, 1.82) is 5.26 Å². The predicted octanol–water partition coefficient (Wildman–Crippen LogP) is 5.12. The summed E-state index contributed by atoms with van der Waals surface area (Å²) in [5.74, 6) is -0.341. The van der Waals surface area contributed by atoms with E-state index in [1.807, 2.05) is 19.9 Å². The number of halogens is 3. The van der Waals surface area contributed by atoms with Gasteiger partial charge in [-0.1, -0.05) is 18.2 Å². The molecule has 33 heavy (non-hydrogen) atoms. The van der Waals surface area contributed by atoms with Crippen molar-refractivity contribution in [2.45, 2.75) is 26.6 Å². The van der Waals surface area contributed by atoms with E-state index < -0.39 is 23.3 Å². The fraction of sp³-hybridized carbons (Fsp3) is 0.208. The molecule has 3 aromatic rings. The largest absolute Gasteiger partial charge is 0.496 e. The van der Waals surface area contributed by atoms with Gasteiger partial charge in [0.2, 0.25) is 0 Å². The zero-order valence-corrected chi connectivity index (χ0v) is 18.2. The number of hydrogen-bond donors (Lipinski definition) is 1. The van der Waals surface area contributed by atoms with E-state index in [1.54, 1.807) is 29.0 Å². The van der Waals surface area contributed by atoms with Gasteiger partial charge < -0.3 is 10.1 Å². The Morgan fingerprint density at radius 2 is 1.94 bits per heavy atom. The summed E-state index contributed by atoms with van der Waals surface area (Å²) < 4.78 is 46.8. The first-order chi connectivity index (χ1) is 15.6. The average Bonchev–Trinajstić information content (AvgIpc) is 3.08. The first kappa shape index (κ1) is 23.6. The number of rotatable bonds is 6. The van der Waals surface area contributed by atoms with Gasteiger partial charge >= 0.3 is 6.18 Å². The Kier molecular flexibility index (Phi) is 6.87. The van der Waals surface area contributed by atoms with E-state index in [0.29, 0.717) is 17.9 Å². The molecule has 6 nitrogen and oxygen atoms in total. The normalized spacial score (nSPS) is 11.7. The van der Waals surface area contributed by atoms with Crippen LogP contribution < -0.4 is 10.1 Å². The lowest BCUT2D eigenvalue weighted by Gasteiger charge is -2.13. The molecule has 0 bridgehead atoms. The van der Waals surface area contributed by atoms with Crippen LogP contribution in [0.3, 0.4) is 0 Å². The van der Waals surface area contributed by atoms with Crippen molar-refractivity contribution in [3.8, 4) is 11.8 Å². The summed E-state index contributed by atoms with van der Waals surface area (Å²) >= 11 is 0. The number of carbonyl (C=O) groups is 1. The molecule has 0 aliphatic heterocycles. The van der Waals surface area contributed by atoms with Gasteiger partial charge in [-0.05, 0) is 55.8 Å². The summed E-state index contributed by atoms with van der Waals surface area (Å²) in [4.78, 5) is 12.6. The minimum Gasteiger partial charge on any atom is -0.496 e. The number of para-hydroxylation sites is 1. The number of aryl methyl sites for hydroxylation is 2. The van der Waals surface area contributed by atoms with Crippen LogP contribution in [0.5, 0.6) is 5.75 Å². The van der Waals surface area contributed by atoms with E-state index in [2.05, 4.69) is 10.4 Å². The summed E-state index contributed by atoms with van der Waals surface area (Å²) in [5, 5.41) is 16.1. The van der Waals surface area contributed by atoms with E-state index in [4.69, 9.17) is 4.74 Å². The van der Waals surface area contributed by atoms with E-state index in [-0.39, 0.29) is 5.57 Å². The smallest absolute Gasteiger partial charge is 0.418 e. The van der Waals surface area contributed by atoms with Crippen molar-refractivity contribution in [3.05, 3.63) is 82.2 Å². The zero-order chi connectivity index (χ0) is 24.2. The maximum absolute atomic E-state index is 13.2. The lowest BCUT2D eigenvalue weighted by molar-refractivity contribution is -0.137. The standard InChI is InChI=1S/C24H21F3N4O2/c1-15-10-16(2)31(30-15)14-19-12-17(8-9-22(19)33-3)11-18(13-28)23(32)29-21-7-5-4-6-20(21)24(25,26)27/h4-12H,14H2,1-3H3,(H,29,32)/b18-11+. The van der Waals surface area contributed by atoms with Crippen LogP contribution in [0.2, 0.25) is 0 Å². The second kappa shape index (κ2) is 9.61. The number of methoxy groups -OCH3 is 1. The van der Waals surface area contributed by atoms with Crippen LogP contribution in [0.1, 0.15) is 28.1 Å². The number of nitrogens with zero attached hydrogens (tertiary/aromatic N) is 3. The lowest BCUT2D eigenvalue weighted by atomic mass is 10.1. The molecule has 9 heteroatoms. The van der Waals surface area contributed by atoms with Gasteiger partial charge in [0, 0.05) is 11.3 Å². The van der Waals surface area contributed by atoms with E-state index >= 15 is 0 Å². The molecule has 0 saturated carbocycles. The number of aromatic nitrogens is 2. The van der Waals surface area contributed by atoms with Crippen LogP contribution in [0, 0.1) is 25.2 Å². The summed E-state index contributed by atoms with van der Waals surface area (Å²) in [6.45, 7) is 4.21. The Morgan fingerprint density at radius 1 is 1.21 bits per heavy atom. The summed E-state index contributed by atoms with van der Waals surface area (Å²) in [6, 6.07) is 13.4. The monoisotopic (exact) mass is 454 g/mol. The molecule has 0 unspecified atom stereocenters. The highest BCUT2D eigenvalue weighted by Gasteiger charge is 2.33. The number of nitrogens with one attached hydrogen (secondary N) is 1. The highest BCUT2D eigenvalue weighted by molar-refractivity contribution is 6.10. The molecule has 0 atom stereocenters. The van der Waals surface area contributed by atoms with Crippen molar-refractivity contribution in [3.63, 3.8) is 0 Å². The molecule has 2 aromatic carbocycles. The molecule has 1 heterocycles. The fourth-order valence-corrected chi connectivity index (χ4v) is 3.35. The minimum absolute atomic E-state index is 0.339. The number of alkyl halides is 3. The SMILES string of the molecule is COc1ccc(/C=C(\C#N)C(=O)Nc2ccccc2C(F)(F)F)cc1Cn1nc(C)cc1C. The van der Waals surface area contributed by atoms with E-state index in [1.165, 1.54) is 25.3 Å². The maximum atomic E-state index is 13.2. The Labute approximate surface area is 188 Å². The molecule has 1 aromatic heterocycles. The molecule has 1 amide bonds. The zero-order valence-electron chi connectivity index (χ0n) is 18.2. The van der Waals surface area contributed by atoms with Crippen molar-refractivity contribution >= 4 is 17.7 Å². The molecule has 0 aliphatic carbocycles. The highest BCUT2D eigenvalue weighted by atomic mass is 19.4. The van der Waals surface area contributed by atoms with E-state index in [9.17, 15) is 23.2 Å². The predicted molar refractivity (Wildman–Crippen MR) is 117 cm³/mol. The van der Waals surface area contributed by atoms with Crippen LogP contribution in [0.15, 0.2) is 54.1 Å². The summed E-state index contributed by atoms with van der Waals surface area (Å²) in [5.41, 5.74) is 1.35. The average molecular weight is 454 g/mol. The molecule has 0 radical (unpaired) electrons. The van der Waals surface area contributed by atoms with Gasteiger partial charge in [0.1, 0.15) is 17.4 Å². The molecule has 170 valence electrons. The lowest BCUT2D eigenvalue weighted by Crippen LogP contribution is -2.17. The number of benzene rings is 2. The van der Waals surface area contributed by atoms with Gasteiger partial charge in [0.15, 0.2) is 0 Å². The van der Waals surface area contributed by atoms with Crippen LogP contribution in [0.25, 0.3) is 6.08 Å². The van der Waals surface area contributed by atoms with Crippen LogP contribution >= 0.6 is 0 Å². The molecule has 1 N–H and O–H groups in total. The van der Waals surface area contributed by atoms with Crippen molar-refractivity contribution in [1.82, 2.24) is 9.78 Å². The van der Waals surface area contributed by atoms with Gasteiger partial charge in [0.05, 0.1) is 30.6 Å². The van der Waals surface area contributed by atoms with Crippen LogP contribution in [0.4, 0.5) is 18.9 Å². The molecule has 0 saturated heterocycles. The Balaban J connectivity index is 1.90. The number of nitriles is 1. The third-order valence-corrected chi connectivity index (χ3v) is 4.88. The molecular weight excluding hydrogens is 433 g/mol. The number of anilines is 1. The molecule has 3 rings (SSSR count). The quantitative estimate of drug-likeness (QED) is 0.414. The van der Waals surface area contributed by atoms with Crippen molar-refractivity contribution in [2.24, 2.45) is 0 Å². The number of carbonyl (C=O) groups excluding carboxylic acids is 1. The van der Waals surface area contributed by atoms with Gasteiger partial charge in [-0.3, -0.25) is 9.48 Å².